The summed E-state index contributed by atoms with van der Waals surface area (Å²) in [6.07, 6.45) is 2.93. The van der Waals surface area contributed by atoms with Crippen LogP contribution < -0.4 is 22.2 Å². The van der Waals surface area contributed by atoms with Crippen LogP contribution in [0.2, 0.25) is 0 Å². The molecule has 2 aromatic carbocycles. The molecule has 4 aromatic heterocycles. The molecule has 0 amide bonds. The molecule has 4 heterocycles. The van der Waals surface area contributed by atoms with Gasteiger partial charge in [0.05, 0.1) is 29.3 Å². The van der Waals surface area contributed by atoms with Crippen molar-refractivity contribution in [3.05, 3.63) is 142 Å². The van der Waals surface area contributed by atoms with E-state index in [4.69, 9.17) is 6.57 Å². The Bertz CT molecular complexity index is 2830. The van der Waals surface area contributed by atoms with Gasteiger partial charge >= 0.3 is 0 Å². The van der Waals surface area contributed by atoms with E-state index >= 15 is 0 Å². The summed E-state index contributed by atoms with van der Waals surface area (Å²) in [7, 11) is 3.48. The van der Waals surface area contributed by atoms with Gasteiger partial charge in [0.15, 0.2) is 17.1 Å². The summed E-state index contributed by atoms with van der Waals surface area (Å²) >= 11 is 0. The van der Waals surface area contributed by atoms with Crippen LogP contribution in [0.4, 0.5) is 28.4 Å². The molecule has 18 nitrogen and oxygen atoms in total. The summed E-state index contributed by atoms with van der Waals surface area (Å²) in [6.45, 7) is 18.3. The number of hydrogen-bond donors (Lipinski definition) is 2. The number of rotatable bonds is 12. The number of pyridine rings is 2. The molecular formula is C44H48N12NiO6. The summed E-state index contributed by atoms with van der Waals surface area (Å²) in [6, 6.07) is 20.2. The van der Waals surface area contributed by atoms with E-state index < -0.39 is 11.1 Å². The van der Waals surface area contributed by atoms with Crippen LogP contribution in [0.25, 0.3) is 16.2 Å². The van der Waals surface area contributed by atoms with Gasteiger partial charge in [-0.15, -0.1) is 20.5 Å². The number of nitrogens with zero attached hydrogens (tertiary/aromatic N) is 12. The minimum absolute atomic E-state index is 0. The zero-order chi connectivity index (χ0) is 45.4. The molecule has 0 fully saturated rings. The maximum Gasteiger partial charge on any atom is 0.299 e. The number of para-hydroxylation sites is 2. The van der Waals surface area contributed by atoms with Crippen LogP contribution >= 0.6 is 0 Å². The van der Waals surface area contributed by atoms with Gasteiger partial charge in [-0.05, 0) is 70.4 Å². The smallest absolute Gasteiger partial charge is 0.299 e. The average molecular weight is 900 g/mol. The molecule has 6 aromatic rings. The van der Waals surface area contributed by atoms with E-state index in [0.717, 1.165) is 22.0 Å². The molecule has 0 saturated heterocycles. The molecule has 63 heavy (non-hydrogen) atoms. The van der Waals surface area contributed by atoms with Gasteiger partial charge in [-0.2, -0.15) is 5.26 Å². The molecule has 0 aliphatic carbocycles. The first kappa shape index (κ1) is 48.3. The maximum atomic E-state index is 13.0. The first-order valence-corrected chi connectivity index (χ1v) is 19.9. The van der Waals surface area contributed by atoms with Gasteiger partial charge in [0.1, 0.15) is 17.3 Å². The Balaban J connectivity index is 0.000000272. The van der Waals surface area contributed by atoms with Gasteiger partial charge in [-0.1, -0.05) is 63.1 Å². The number of nitriles is 1. The van der Waals surface area contributed by atoms with E-state index in [-0.39, 0.29) is 97.6 Å². The van der Waals surface area contributed by atoms with Gasteiger partial charge < -0.3 is 10.2 Å². The number of aromatic nitrogens is 6. The van der Waals surface area contributed by atoms with Crippen LogP contribution in [0, 0.1) is 45.6 Å². The molecule has 6 rings (SSSR count). The molecule has 0 unspecified atom stereocenters. The molecule has 2 N–H and O–H groups in total. The predicted octanol–water partition coefficient (Wildman–Crippen LogP) is 8.17. The van der Waals surface area contributed by atoms with E-state index in [9.17, 15) is 34.7 Å². The Hall–Kier alpha value is -7.37. The Labute approximate surface area is 372 Å². The summed E-state index contributed by atoms with van der Waals surface area (Å²) in [5, 5.41) is 47.2. The minimum Gasteiger partial charge on any atom is -0.493 e. The second-order valence-electron chi connectivity index (χ2n) is 14.4. The van der Waals surface area contributed by atoms with Crippen molar-refractivity contribution in [2.75, 3.05) is 0 Å². The Kier molecular flexibility index (Phi) is 16.1. The molecule has 0 aliphatic rings. The third-order valence-electron chi connectivity index (χ3n) is 10.5. The van der Waals surface area contributed by atoms with Crippen LogP contribution in [-0.4, -0.2) is 38.1 Å². The van der Waals surface area contributed by atoms with Crippen LogP contribution in [0.15, 0.2) is 100 Å². The third kappa shape index (κ3) is 9.44. The summed E-state index contributed by atoms with van der Waals surface area (Å²) in [4.78, 5) is 54.4. The second kappa shape index (κ2) is 20.9. The Morgan fingerprint density at radius 1 is 0.619 bits per heavy atom. The van der Waals surface area contributed by atoms with E-state index in [2.05, 4.69) is 25.3 Å². The van der Waals surface area contributed by atoms with Gasteiger partial charge in [0, 0.05) is 49.2 Å². The summed E-state index contributed by atoms with van der Waals surface area (Å²) < 4.78 is 8.55. The van der Waals surface area contributed by atoms with Gasteiger partial charge in [-0.3, -0.25) is 37.7 Å². The first-order valence-electron chi connectivity index (χ1n) is 19.9. The molecule has 330 valence electrons. The van der Waals surface area contributed by atoms with E-state index in [0.29, 0.717) is 35.6 Å². The fraction of sp³-hybridized carbons (Fsp3) is 0.318. The fourth-order valence-corrected chi connectivity index (χ4v) is 6.69. The van der Waals surface area contributed by atoms with Crippen molar-refractivity contribution in [1.82, 2.24) is 27.9 Å². The quantitative estimate of drug-likeness (QED) is 0.0697. The normalized spacial score (nSPS) is 11.0. The Morgan fingerprint density at radius 3 is 1.38 bits per heavy atom. The van der Waals surface area contributed by atoms with Crippen molar-refractivity contribution >= 4 is 28.4 Å². The topological polar surface area (TPSA) is 216 Å². The number of azo groups is 2. The minimum atomic E-state index is -0.563. The summed E-state index contributed by atoms with van der Waals surface area (Å²) in [5.74, 6) is -0.722. The van der Waals surface area contributed by atoms with Crippen LogP contribution in [-0.2, 0) is 43.7 Å². The third-order valence-corrected chi connectivity index (χ3v) is 10.5. The van der Waals surface area contributed by atoms with Crippen molar-refractivity contribution in [2.45, 2.75) is 80.3 Å². The summed E-state index contributed by atoms with van der Waals surface area (Å²) in [5.41, 5.74) is 1.13. The number of aromatic hydroxyl groups is 2. The van der Waals surface area contributed by atoms with Crippen LogP contribution in [0.1, 0.15) is 67.6 Å². The van der Waals surface area contributed by atoms with Gasteiger partial charge in [0.2, 0.25) is 11.8 Å². The second-order valence-corrected chi connectivity index (χ2v) is 14.4. The average Bonchev–Trinajstić information content (AvgIpc) is 3.61. The van der Waals surface area contributed by atoms with Crippen LogP contribution in [0.5, 0.6) is 11.8 Å². The molecule has 0 saturated carbocycles. The van der Waals surface area contributed by atoms with Crippen LogP contribution in [0.3, 0.4) is 0 Å². The van der Waals surface area contributed by atoms with Crippen molar-refractivity contribution in [1.29, 1.82) is 5.26 Å². The van der Waals surface area contributed by atoms with Gasteiger partial charge in [-0.25, -0.2) is 14.2 Å². The van der Waals surface area contributed by atoms with Gasteiger partial charge in [0.25, 0.3) is 27.9 Å². The van der Waals surface area contributed by atoms with E-state index in [1.54, 1.807) is 49.4 Å². The molecule has 19 heteroatoms. The molecule has 0 radical (unpaired) electrons. The van der Waals surface area contributed by atoms with Crippen molar-refractivity contribution in [2.24, 2.45) is 34.6 Å². The molecule has 0 bridgehead atoms. The van der Waals surface area contributed by atoms with Crippen molar-refractivity contribution < 1.29 is 26.7 Å². The zero-order valence-corrected chi connectivity index (χ0v) is 37.2. The van der Waals surface area contributed by atoms with E-state index in [1.807, 2.05) is 68.4 Å². The number of benzene rings is 2. The van der Waals surface area contributed by atoms with Crippen molar-refractivity contribution in [3.63, 3.8) is 0 Å². The predicted molar refractivity (Wildman–Crippen MR) is 235 cm³/mol. The standard InChI is InChI=1S/2C22H24N6O3.Ni/c1-6-7-13-27-20(29)17(23-4)14(2)18(21(27)30)24-25-19-15(3)26(5)28(22(19)31)16-11-9-8-10-12-16;1-5-6-12-27-20(29)17(13-23)14(2)18(21(27)30)24-25-19-15(3)26(4)28(22(19)31)16-10-8-7-9-11-16;/h8-12,30H,6-7,13H2,1-3,5H3;7-11,30H,5-6,12H2,1-4H3;. The SMILES string of the molecule is CCCCn1c(O)c(N=Nc2c(C)n(C)n(-c3ccccc3)c2=O)c(C)c(C#N)c1=O.[C-]#[N+]c1c(C)c(N=Nc2c(C)n(C)n(-c3ccccc3)c2=O)c(O)n(CCCC)c1=O.[Ni]. The molecule has 0 spiro atoms. The first-order chi connectivity index (χ1) is 29.7. The molecular weight excluding hydrogens is 851 g/mol. The molecule has 0 atom stereocenters. The largest absolute Gasteiger partial charge is 0.493 e. The maximum absolute atomic E-state index is 13.0. The monoisotopic (exact) mass is 898 g/mol. The van der Waals surface area contributed by atoms with E-state index in [1.165, 1.54) is 23.2 Å². The zero-order valence-electron chi connectivity index (χ0n) is 36.2. The number of unbranched alkanes of at least 4 members (excludes halogenated alkanes) is 2. The number of hydrogen-bond acceptors (Lipinski definition) is 11. The Morgan fingerprint density at radius 2 is 1.00 bits per heavy atom. The molecule has 0 aliphatic heterocycles. The fourth-order valence-electron chi connectivity index (χ4n) is 6.69. The van der Waals surface area contributed by atoms with Crippen molar-refractivity contribution in [3.8, 4) is 29.2 Å².